The number of rotatable bonds is 5. The fraction of sp³-hybridized carbons (Fsp3) is 0.450. The van der Waals surface area contributed by atoms with E-state index in [-0.39, 0.29) is 29.8 Å². The molecule has 9 heteroatoms. The SMILES string of the molecule is COc1ccc(OC2CC(Nc3nc(C)c4c(n3)N(C)[C@@H](C)C(=O)N4)C2)c(F)c1. The number of carbonyl (C=O) groups excluding carboxylic acids is 1. The van der Waals surface area contributed by atoms with Gasteiger partial charge in [-0.05, 0) is 26.0 Å². The maximum Gasteiger partial charge on any atom is 0.246 e. The first-order valence-corrected chi connectivity index (χ1v) is 9.54. The lowest BCUT2D eigenvalue weighted by atomic mass is 9.89. The van der Waals surface area contributed by atoms with Crippen LogP contribution in [0, 0.1) is 12.7 Å². The fourth-order valence-electron chi connectivity index (χ4n) is 3.46. The molecular weight excluding hydrogens is 377 g/mol. The number of nitrogens with zero attached hydrogens (tertiary/aromatic N) is 3. The molecule has 1 aliphatic carbocycles. The molecule has 1 aliphatic heterocycles. The Kier molecular flexibility index (Phi) is 4.89. The molecule has 0 bridgehead atoms. The zero-order chi connectivity index (χ0) is 20.7. The van der Waals surface area contributed by atoms with Crippen molar-refractivity contribution < 1.29 is 18.7 Å². The number of amides is 1. The molecule has 0 radical (unpaired) electrons. The van der Waals surface area contributed by atoms with Crippen LogP contribution in [0.15, 0.2) is 18.2 Å². The van der Waals surface area contributed by atoms with Crippen LogP contribution in [0.5, 0.6) is 11.5 Å². The van der Waals surface area contributed by atoms with E-state index in [9.17, 15) is 9.18 Å². The van der Waals surface area contributed by atoms with Crippen LogP contribution in [-0.4, -0.2) is 48.2 Å². The summed E-state index contributed by atoms with van der Waals surface area (Å²) >= 11 is 0. The average molecular weight is 401 g/mol. The maximum absolute atomic E-state index is 14.0. The van der Waals surface area contributed by atoms with Crippen molar-refractivity contribution in [2.75, 3.05) is 29.7 Å². The van der Waals surface area contributed by atoms with Crippen LogP contribution in [0.4, 0.5) is 21.8 Å². The van der Waals surface area contributed by atoms with Crippen LogP contribution in [0.25, 0.3) is 0 Å². The van der Waals surface area contributed by atoms with Crippen molar-refractivity contribution in [2.24, 2.45) is 0 Å². The third-order valence-electron chi connectivity index (χ3n) is 5.47. The maximum atomic E-state index is 14.0. The summed E-state index contributed by atoms with van der Waals surface area (Å²) in [5.41, 5.74) is 1.35. The van der Waals surface area contributed by atoms with Crippen molar-refractivity contribution in [1.82, 2.24) is 9.97 Å². The van der Waals surface area contributed by atoms with Crippen molar-refractivity contribution in [2.45, 2.75) is 44.9 Å². The number of fused-ring (bicyclic) bond motifs is 1. The molecule has 0 spiro atoms. The normalized spacial score (nSPS) is 23.0. The van der Waals surface area contributed by atoms with E-state index in [1.807, 2.05) is 25.8 Å². The molecule has 2 N–H and O–H groups in total. The first-order valence-electron chi connectivity index (χ1n) is 9.54. The van der Waals surface area contributed by atoms with Gasteiger partial charge in [0.1, 0.15) is 23.6 Å². The number of anilines is 3. The highest BCUT2D eigenvalue weighted by Crippen LogP contribution is 2.34. The van der Waals surface area contributed by atoms with Gasteiger partial charge in [-0.3, -0.25) is 4.79 Å². The number of hydrogen-bond donors (Lipinski definition) is 2. The van der Waals surface area contributed by atoms with E-state index in [1.54, 1.807) is 12.1 Å². The quantitative estimate of drug-likeness (QED) is 0.796. The van der Waals surface area contributed by atoms with Gasteiger partial charge in [0.25, 0.3) is 0 Å². The second-order valence-electron chi connectivity index (χ2n) is 7.46. The van der Waals surface area contributed by atoms with Crippen molar-refractivity contribution in [3.05, 3.63) is 29.7 Å². The molecular formula is C20H24FN5O3. The number of carbonyl (C=O) groups is 1. The third-order valence-corrected chi connectivity index (χ3v) is 5.47. The lowest BCUT2D eigenvalue weighted by Gasteiger charge is -2.37. The van der Waals surface area contributed by atoms with E-state index in [0.717, 1.165) is 0 Å². The molecule has 1 aromatic carbocycles. The molecule has 154 valence electrons. The van der Waals surface area contributed by atoms with Gasteiger partial charge in [0, 0.05) is 32.0 Å². The lowest BCUT2D eigenvalue weighted by molar-refractivity contribution is -0.117. The molecule has 8 nitrogen and oxygen atoms in total. The van der Waals surface area contributed by atoms with Crippen molar-refractivity contribution >= 4 is 23.4 Å². The summed E-state index contributed by atoms with van der Waals surface area (Å²) in [6, 6.07) is 4.40. The van der Waals surface area contributed by atoms with Gasteiger partial charge in [-0.1, -0.05) is 0 Å². The summed E-state index contributed by atoms with van der Waals surface area (Å²) in [7, 11) is 3.34. The van der Waals surface area contributed by atoms with E-state index in [2.05, 4.69) is 20.6 Å². The zero-order valence-corrected chi connectivity index (χ0v) is 16.8. The van der Waals surface area contributed by atoms with Gasteiger partial charge in [0.05, 0.1) is 12.8 Å². The fourth-order valence-corrected chi connectivity index (χ4v) is 3.46. The largest absolute Gasteiger partial charge is 0.497 e. The van der Waals surface area contributed by atoms with Gasteiger partial charge in [-0.2, -0.15) is 4.98 Å². The predicted octanol–water partition coefficient (Wildman–Crippen LogP) is 2.73. The molecule has 29 heavy (non-hydrogen) atoms. The molecule has 0 unspecified atom stereocenters. The summed E-state index contributed by atoms with van der Waals surface area (Å²) in [6.45, 7) is 3.67. The number of aryl methyl sites for hydroxylation is 1. The molecule has 2 aromatic rings. The Hall–Kier alpha value is -3.10. The summed E-state index contributed by atoms with van der Waals surface area (Å²) in [4.78, 5) is 22.9. The van der Waals surface area contributed by atoms with Crippen molar-refractivity contribution in [3.8, 4) is 11.5 Å². The van der Waals surface area contributed by atoms with Crippen LogP contribution < -0.4 is 25.0 Å². The van der Waals surface area contributed by atoms with Gasteiger partial charge >= 0.3 is 0 Å². The van der Waals surface area contributed by atoms with E-state index in [0.29, 0.717) is 41.7 Å². The smallest absolute Gasteiger partial charge is 0.246 e. The standard InChI is InChI=1S/C20H24FN5O3/c1-10-17-18(26(3)11(2)19(27)24-17)25-20(22-10)23-12-7-14(8-12)29-16-6-5-13(28-4)9-15(16)21/h5-6,9,11-12,14H,7-8H2,1-4H3,(H,24,27)(H,22,23,25)/t11-,12?,14?/m0/s1. The number of benzene rings is 1. The van der Waals surface area contributed by atoms with Crippen LogP contribution in [0.3, 0.4) is 0 Å². The highest BCUT2D eigenvalue weighted by atomic mass is 19.1. The van der Waals surface area contributed by atoms with Crippen LogP contribution in [0.2, 0.25) is 0 Å². The van der Waals surface area contributed by atoms with E-state index in [4.69, 9.17) is 9.47 Å². The van der Waals surface area contributed by atoms with E-state index < -0.39 is 5.82 Å². The third kappa shape index (κ3) is 3.64. The molecule has 1 fully saturated rings. The Morgan fingerprint density at radius 3 is 2.76 bits per heavy atom. The highest BCUT2D eigenvalue weighted by Gasteiger charge is 2.34. The molecule has 4 rings (SSSR count). The first-order chi connectivity index (χ1) is 13.9. The number of ether oxygens (including phenoxy) is 2. The number of hydrogen-bond acceptors (Lipinski definition) is 7. The first kappa shape index (κ1) is 19.2. The Bertz CT molecular complexity index is 948. The molecule has 1 saturated carbocycles. The molecule has 1 aromatic heterocycles. The lowest BCUT2D eigenvalue weighted by Crippen LogP contribution is -2.45. The van der Waals surface area contributed by atoms with Crippen molar-refractivity contribution in [1.29, 1.82) is 0 Å². The Balaban J connectivity index is 1.38. The highest BCUT2D eigenvalue weighted by molar-refractivity contribution is 6.03. The van der Waals surface area contributed by atoms with Gasteiger partial charge in [-0.25, -0.2) is 9.37 Å². The number of aromatic nitrogens is 2. The minimum absolute atomic E-state index is 0.0721. The summed E-state index contributed by atoms with van der Waals surface area (Å²) < 4.78 is 24.8. The number of nitrogens with one attached hydrogen (secondary N) is 2. The van der Waals surface area contributed by atoms with Crippen LogP contribution in [-0.2, 0) is 4.79 Å². The number of methoxy groups -OCH3 is 1. The Morgan fingerprint density at radius 2 is 2.07 bits per heavy atom. The molecule has 2 aliphatic rings. The number of likely N-dealkylation sites (N-methyl/N-ethyl adjacent to an activating group) is 1. The second-order valence-corrected chi connectivity index (χ2v) is 7.46. The zero-order valence-electron chi connectivity index (χ0n) is 16.8. The van der Waals surface area contributed by atoms with Crippen LogP contribution in [0.1, 0.15) is 25.5 Å². The van der Waals surface area contributed by atoms with E-state index >= 15 is 0 Å². The van der Waals surface area contributed by atoms with Gasteiger partial charge in [-0.15, -0.1) is 0 Å². The summed E-state index contributed by atoms with van der Waals surface area (Å²) in [5, 5.41) is 6.18. The minimum atomic E-state index is -0.436. The van der Waals surface area contributed by atoms with Gasteiger partial charge in [0.15, 0.2) is 17.4 Å². The summed E-state index contributed by atoms with van der Waals surface area (Å²) in [6.07, 6.45) is 1.36. The van der Waals surface area contributed by atoms with E-state index in [1.165, 1.54) is 13.2 Å². The molecule has 2 heterocycles. The molecule has 1 amide bonds. The van der Waals surface area contributed by atoms with Crippen LogP contribution >= 0.6 is 0 Å². The topological polar surface area (TPSA) is 88.6 Å². The van der Waals surface area contributed by atoms with Gasteiger partial charge < -0.3 is 25.0 Å². The second kappa shape index (κ2) is 7.38. The Morgan fingerprint density at radius 1 is 1.31 bits per heavy atom. The van der Waals surface area contributed by atoms with Gasteiger partial charge in [0.2, 0.25) is 11.9 Å². The minimum Gasteiger partial charge on any atom is -0.497 e. The molecule has 1 atom stereocenters. The number of halogens is 1. The Labute approximate surface area is 168 Å². The molecule has 0 saturated heterocycles. The van der Waals surface area contributed by atoms with Crippen molar-refractivity contribution in [3.63, 3.8) is 0 Å². The average Bonchev–Trinajstić information content (AvgIpc) is 2.66. The monoisotopic (exact) mass is 401 g/mol. The predicted molar refractivity (Wildman–Crippen MR) is 107 cm³/mol. The summed E-state index contributed by atoms with van der Waals surface area (Å²) in [5.74, 6) is 1.38.